The van der Waals surface area contributed by atoms with Crippen LogP contribution >= 0.6 is 23.4 Å². The lowest BCUT2D eigenvalue weighted by Gasteiger charge is -2.43. The minimum absolute atomic E-state index is 0.0570. The molecule has 18 heteroatoms. The van der Waals surface area contributed by atoms with Gasteiger partial charge in [-0.2, -0.15) is 26.3 Å². The van der Waals surface area contributed by atoms with Gasteiger partial charge in [0.2, 0.25) is 5.91 Å². The van der Waals surface area contributed by atoms with E-state index in [0.717, 1.165) is 11.0 Å². The molecular weight excluding hydrogens is 765 g/mol. The molecule has 3 amide bonds. The van der Waals surface area contributed by atoms with Gasteiger partial charge in [0.05, 0.1) is 27.6 Å². The molecule has 1 saturated carbocycles. The molecule has 4 fully saturated rings. The Balaban J connectivity index is 1.22. The van der Waals surface area contributed by atoms with Gasteiger partial charge in [0.1, 0.15) is 22.5 Å². The highest BCUT2D eigenvalue weighted by molar-refractivity contribution is 8.04. The molecule has 3 saturated heterocycles. The zero-order valence-corrected chi connectivity index (χ0v) is 31.3. The lowest BCUT2D eigenvalue weighted by atomic mass is 9.81. The van der Waals surface area contributed by atoms with E-state index in [4.69, 9.17) is 11.6 Å². The largest absolute Gasteiger partial charge is 0.471 e. The van der Waals surface area contributed by atoms with Gasteiger partial charge in [-0.25, -0.2) is 9.37 Å². The molecule has 1 aromatic carbocycles. The number of benzene rings is 1. The monoisotopic (exact) mass is 802 g/mol. The summed E-state index contributed by atoms with van der Waals surface area (Å²) in [6.07, 6.45) is -6.91. The van der Waals surface area contributed by atoms with Crippen molar-refractivity contribution in [2.75, 3.05) is 19.6 Å². The molecule has 9 nitrogen and oxygen atoms in total. The van der Waals surface area contributed by atoms with Crippen LogP contribution in [0.3, 0.4) is 0 Å². The summed E-state index contributed by atoms with van der Waals surface area (Å²) in [7, 11) is 0. The molecule has 0 radical (unpaired) electrons. The quantitative estimate of drug-likeness (QED) is 0.263. The number of allylic oxidation sites excluding steroid dienone is 1. The Morgan fingerprint density at radius 1 is 1.04 bits per heavy atom. The van der Waals surface area contributed by atoms with Crippen LogP contribution in [0.2, 0.25) is 5.15 Å². The van der Waals surface area contributed by atoms with Crippen molar-refractivity contribution < 1.29 is 45.1 Å². The van der Waals surface area contributed by atoms with Gasteiger partial charge in [-0.15, -0.1) is 0 Å². The fourth-order valence-corrected chi connectivity index (χ4v) is 10.3. The summed E-state index contributed by atoms with van der Waals surface area (Å²) in [6, 6.07) is 4.00. The van der Waals surface area contributed by atoms with E-state index >= 15 is 4.39 Å². The Morgan fingerprint density at radius 2 is 1.74 bits per heavy atom. The Labute approximate surface area is 316 Å². The highest BCUT2D eigenvalue weighted by Gasteiger charge is 2.60. The number of piperazine rings is 1. The lowest BCUT2D eigenvalue weighted by molar-refractivity contribution is -0.191. The van der Waals surface area contributed by atoms with Crippen LogP contribution in [0.25, 0.3) is 0 Å². The number of thioether (sulfide) groups is 1. The number of pyridine rings is 1. The van der Waals surface area contributed by atoms with Crippen LogP contribution in [0.1, 0.15) is 76.1 Å². The first kappa shape index (κ1) is 38.7. The zero-order valence-electron chi connectivity index (χ0n) is 29.7. The van der Waals surface area contributed by atoms with E-state index < -0.39 is 70.1 Å². The third-order valence-corrected chi connectivity index (χ3v) is 12.8. The molecular formula is C36H38ClF7N6O3S. The normalized spacial score (nSPS) is 28.1. The van der Waals surface area contributed by atoms with Crippen molar-refractivity contribution >= 4 is 41.1 Å². The number of fused-ring (bicyclic) bond motifs is 1. The molecule has 54 heavy (non-hydrogen) atoms. The van der Waals surface area contributed by atoms with Gasteiger partial charge in [-0.05, 0) is 74.8 Å². The fourth-order valence-electron chi connectivity index (χ4n) is 8.63. The third kappa shape index (κ3) is 6.40. The van der Waals surface area contributed by atoms with E-state index in [1.807, 2.05) is 32.6 Å². The van der Waals surface area contributed by atoms with Crippen molar-refractivity contribution in [1.29, 1.82) is 0 Å². The first-order valence-corrected chi connectivity index (χ1v) is 18.9. The number of halogens is 8. The number of alkyl halides is 6. The number of hydrogen-bond donors (Lipinski definition) is 1. The van der Waals surface area contributed by atoms with Crippen molar-refractivity contribution in [1.82, 2.24) is 29.9 Å². The summed E-state index contributed by atoms with van der Waals surface area (Å²) >= 11 is 7.28. The van der Waals surface area contributed by atoms with Crippen LogP contribution in [0.5, 0.6) is 0 Å². The van der Waals surface area contributed by atoms with Crippen molar-refractivity contribution in [3.05, 3.63) is 74.8 Å². The van der Waals surface area contributed by atoms with Gasteiger partial charge in [0.15, 0.2) is 0 Å². The summed E-state index contributed by atoms with van der Waals surface area (Å²) in [5, 5.41) is 3.75. The van der Waals surface area contributed by atoms with Crippen molar-refractivity contribution in [3.8, 4) is 0 Å². The molecule has 1 aromatic heterocycles. The number of likely N-dealkylation sites (tertiary alicyclic amines) is 1. The predicted molar refractivity (Wildman–Crippen MR) is 185 cm³/mol. The van der Waals surface area contributed by atoms with Crippen LogP contribution in [-0.2, 0) is 26.1 Å². The number of hydrogen-bond acceptors (Lipinski definition) is 7. The highest BCUT2D eigenvalue weighted by Crippen LogP contribution is 2.57. The first-order chi connectivity index (χ1) is 25.2. The summed E-state index contributed by atoms with van der Waals surface area (Å²) in [4.78, 5) is 51.3. The standard InChI is InChI=1S/C36H38ClF7N6O3S/c1-18(2)26-27(30(52)49-19(3)5-9-24(49)29(51)47-13-14-48(31(53)36(42,43)44)34(17-47)11-12-34)54-32-46-33(4,21-7-10-25(37)45-16-21)28(50(26)32)20-6-8-22(23(38)15-20)35(39,40)41/h6-8,10,15-16,18-19,24,28,32,46H,5,9,11-14,17H2,1-4H3/t19-,24?,28?,32?,33?/m1/s1. The molecule has 292 valence electrons. The van der Waals surface area contributed by atoms with E-state index in [1.165, 1.54) is 33.8 Å². The number of aromatic nitrogens is 1. The zero-order chi connectivity index (χ0) is 39.3. The van der Waals surface area contributed by atoms with Crippen molar-refractivity contribution in [3.63, 3.8) is 0 Å². The number of nitrogens with zero attached hydrogens (tertiary/aromatic N) is 5. The first-order valence-electron chi connectivity index (χ1n) is 17.6. The van der Waals surface area contributed by atoms with Gasteiger partial charge in [-0.3, -0.25) is 19.7 Å². The van der Waals surface area contributed by atoms with Crippen LogP contribution in [0.15, 0.2) is 47.1 Å². The van der Waals surface area contributed by atoms with Crippen LogP contribution in [0.4, 0.5) is 30.7 Å². The number of carbonyl (C=O) groups is 3. The molecule has 5 heterocycles. The van der Waals surface area contributed by atoms with Crippen molar-refractivity contribution in [2.45, 2.75) is 100 Å². The van der Waals surface area contributed by atoms with Gasteiger partial charge in [0, 0.05) is 37.6 Å². The molecule has 7 rings (SSSR count). The SMILES string of the molecule is CC(C)C1=C(C(=O)N2C(C(=O)N3CCN(C(=O)C(F)(F)F)C4(CC4)C3)CC[C@H]2C)SC2NC(C)(c3ccc(Cl)nc3)C(c3ccc(C(F)(F)F)c(F)c3)N12. The maximum atomic E-state index is 15.2. The molecule has 4 unspecified atom stereocenters. The number of amides is 3. The van der Waals surface area contributed by atoms with E-state index in [-0.39, 0.29) is 42.3 Å². The van der Waals surface area contributed by atoms with E-state index in [9.17, 15) is 40.7 Å². The Bertz CT molecular complexity index is 1910. The van der Waals surface area contributed by atoms with Gasteiger partial charge < -0.3 is 19.6 Å². The second-order valence-corrected chi connectivity index (χ2v) is 16.7. The average Bonchev–Trinajstić information content (AvgIpc) is 3.43. The average molecular weight is 803 g/mol. The molecule has 4 aliphatic heterocycles. The Morgan fingerprint density at radius 3 is 2.31 bits per heavy atom. The Hall–Kier alpha value is -3.57. The van der Waals surface area contributed by atoms with Gasteiger partial charge >= 0.3 is 18.3 Å². The maximum Gasteiger partial charge on any atom is 0.471 e. The van der Waals surface area contributed by atoms with Gasteiger partial charge in [0.25, 0.3) is 5.91 Å². The molecule has 1 spiro atoms. The van der Waals surface area contributed by atoms with E-state index in [0.29, 0.717) is 47.9 Å². The molecule has 2 aromatic rings. The molecule has 5 aliphatic rings. The maximum absolute atomic E-state index is 15.2. The number of rotatable bonds is 5. The van der Waals surface area contributed by atoms with Gasteiger partial charge in [-0.1, -0.05) is 49.3 Å². The second-order valence-electron chi connectivity index (χ2n) is 15.2. The fraction of sp³-hybridized carbons (Fsp3) is 0.556. The van der Waals surface area contributed by atoms with Crippen LogP contribution in [-0.4, -0.2) is 91.2 Å². The summed E-state index contributed by atoms with van der Waals surface area (Å²) in [5.74, 6) is -4.51. The van der Waals surface area contributed by atoms with E-state index in [1.54, 1.807) is 12.1 Å². The lowest BCUT2D eigenvalue weighted by Crippen LogP contribution is -2.62. The molecule has 0 bridgehead atoms. The topological polar surface area (TPSA) is 89.1 Å². The van der Waals surface area contributed by atoms with Crippen LogP contribution < -0.4 is 5.32 Å². The summed E-state index contributed by atoms with van der Waals surface area (Å²) < 4.78 is 96.2. The third-order valence-electron chi connectivity index (χ3n) is 11.4. The van der Waals surface area contributed by atoms with E-state index in [2.05, 4.69) is 10.3 Å². The van der Waals surface area contributed by atoms with Crippen LogP contribution in [0, 0.1) is 11.7 Å². The van der Waals surface area contributed by atoms with Crippen molar-refractivity contribution in [2.24, 2.45) is 5.92 Å². The summed E-state index contributed by atoms with van der Waals surface area (Å²) in [5.41, 5.74) is -2.80. The minimum atomic E-state index is -5.03. The summed E-state index contributed by atoms with van der Waals surface area (Å²) in [6.45, 7) is 6.94. The number of carbonyl (C=O) groups excluding carboxylic acids is 3. The molecule has 5 atom stereocenters. The molecule has 1 N–H and O–H groups in total. The molecule has 1 aliphatic carbocycles. The Kier molecular flexibility index (Phi) is 9.52. The number of nitrogens with one attached hydrogen (secondary N) is 1. The minimum Gasteiger partial charge on any atom is -0.340 e. The smallest absolute Gasteiger partial charge is 0.340 e. The predicted octanol–water partition coefficient (Wildman–Crippen LogP) is 6.80. The second kappa shape index (κ2) is 13.3. The highest BCUT2D eigenvalue weighted by atomic mass is 35.5.